The Bertz CT molecular complexity index is 408. The van der Waals surface area contributed by atoms with E-state index in [-0.39, 0.29) is 24.2 Å². The molecular weight excluding hydrogens is 247 g/mol. The van der Waals surface area contributed by atoms with Gasteiger partial charge in [-0.05, 0) is 18.9 Å². The lowest BCUT2D eigenvalue weighted by Crippen LogP contribution is -2.43. The van der Waals surface area contributed by atoms with Gasteiger partial charge in [0.2, 0.25) is 0 Å². The van der Waals surface area contributed by atoms with Crippen molar-refractivity contribution in [1.29, 1.82) is 0 Å². The molecule has 0 aliphatic heterocycles. The third kappa shape index (κ3) is 4.87. The van der Waals surface area contributed by atoms with Crippen LogP contribution in [0.25, 0.3) is 0 Å². The highest BCUT2D eigenvalue weighted by atomic mass is 19.1. The average molecular weight is 268 g/mol. The van der Waals surface area contributed by atoms with E-state index in [1.54, 1.807) is 12.1 Å². The van der Waals surface area contributed by atoms with Crippen LogP contribution in [0.4, 0.5) is 9.18 Å². The van der Waals surface area contributed by atoms with Crippen molar-refractivity contribution in [2.45, 2.75) is 38.8 Å². The third-order valence-electron chi connectivity index (χ3n) is 3.04. The molecule has 4 nitrogen and oxygen atoms in total. The second-order valence-corrected chi connectivity index (χ2v) is 4.41. The summed E-state index contributed by atoms with van der Waals surface area (Å²) in [7, 11) is 0. The van der Waals surface area contributed by atoms with Crippen molar-refractivity contribution >= 4 is 6.03 Å². The molecule has 0 aromatic heterocycles. The van der Waals surface area contributed by atoms with Gasteiger partial charge in [-0.25, -0.2) is 9.18 Å². The van der Waals surface area contributed by atoms with Crippen LogP contribution < -0.4 is 10.6 Å². The number of urea groups is 1. The molecule has 5 heteroatoms. The van der Waals surface area contributed by atoms with Crippen LogP contribution in [0.15, 0.2) is 24.3 Å². The first-order valence-electron chi connectivity index (χ1n) is 6.55. The maximum atomic E-state index is 13.4. The molecule has 1 atom stereocenters. The number of nitrogens with one attached hydrogen (secondary N) is 2. The van der Waals surface area contributed by atoms with E-state index in [1.807, 2.05) is 13.8 Å². The Hall–Kier alpha value is -1.62. The summed E-state index contributed by atoms with van der Waals surface area (Å²) in [6, 6.07) is 5.75. The molecule has 0 bridgehead atoms. The van der Waals surface area contributed by atoms with E-state index in [9.17, 15) is 14.3 Å². The van der Waals surface area contributed by atoms with Crippen LogP contribution >= 0.6 is 0 Å². The fourth-order valence-electron chi connectivity index (χ4n) is 1.77. The van der Waals surface area contributed by atoms with Crippen molar-refractivity contribution in [2.75, 3.05) is 6.54 Å². The van der Waals surface area contributed by atoms with Crippen LogP contribution in [0, 0.1) is 5.82 Å². The van der Waals surface area contributed by atoms with Gasteiger partial charge in [0.1, 0.15) is 5.82 Å². The normalized spacial score (nSPS) is 12.3. The SMILES string of the molecule is CCC(CC)NC(=O)NCC(O)c1ccccc1F. The molecule has 0 heterocycles. The molecule has 19 heavy (non-hydrogen) atoms. The molecule has 0 radical (unpaired) electrons. The molecule has 1 rings (SSSR count). The molecule has 0 saturated carbocycles. The van der Waals surface area contributed by atoms with Crippen molar-refractivity contribution in [1.82, 2.24) is 10.6 Å². The second-order valence-electron chi connectivity index (χ2n) is 4.41. The van der Waals surface area contributed by atoms with Gasteiger partial charge in [0, 0.05) is 18.2 Å². The minimum absolute atomic E-state index is 0.0209. The summed E-state index contributed by atoms with van der Waals surface area (Å²) >= 11 is 0. The Morgan fingerprint density at radius 2 is 1.95 bits per heavy atom. The lowest BCUT2D eigenvalue weighted by atomic mass is 10.1. The number of carbonyl (C=O) groups is 1. The quantitative estimate of drug-likeness (QED) is 0.741. The highest BCUT2D eigenvalue weighted by molar-refractivity contribution is 5.74. The van der Waals surface area contributed by atoms with E-state index in [0.717, 1.165) is 12.8 Å². The predicted octanol–water partition coefficient (Wildman–Crippen LogP) is 2.35. The summed E-state index contributed by atoms with van der Waals surface area (Å²) < 4.78 is 13.4. The van der Waals surface area contributed by atoms with Crippen molar-refractivity contribution in [3.05, 3.63) is 35.6 Å². The zero-order valence-corrected chi connectivity index (χ0v) is 11.3. The fraction of sp³-hybridized carbons (Fsp3) is 0.500. The van der Waals surface area contributed by atoms with Crippen LogP contribution in [-0.4, -0.2) is 23.7 Å². The summed E-state index contributed by atoms with van der Waals surface area (Å²) in [5.74, 6) is -0.475. The number of hydrogen-bond donors (Lipinski definition) is 3. The van der Waals surface area contributed by atoms with E-state index >= 15 is 0 Å². The standard InChI is InChI=1S/C14H21FN2O2/c1-3-10(4-2)17-14(19)16-9-13(18)11-7-5-6-8-12(11)15/h5-8,10,13,18H,3-4,9H2,1-2H3,(H2,16,17,19). The van der Waals surface area contributed by atoms with E-state index in [2.05, 4.69) is 10.6 Å². The maximum absolute atomic E-state index is 13.4. The first-order valence-corrected chi connectivity index (χ1v) is 6.55. The Labute approximate surface area is 113 Å². The summed E-state index contributed by atoms with van der Waals surface area (Å²) in [5.41, 5.74) is 0.185. The molecule has 0 saturated heterocycles. The minimum Gasteiger partial charge on any atom is -0.386 e. The molecular formula is C14H21FN2O2. The van der Waals surface area contributed by atoms with Crippen molar-refractivity contribution in [2.24, 2.45) is 0 Å². The number of rotatable bonds is 6. The van der Waals surface area contributed by atoms with Gasteiger partial charge in [0.05, 0.1) is 6.10 Å². The van der Waals surface area contributed by atoms with Gasteiger partial charge in [-0.2, -0.15) is 0 Å². The van der Waals surface area contributed by atoms with Crippen LogP contribution in [0.3, 0.4) is 0 Å². The van der Waals surface area contributed by atoms with Gasteiger partial charge in [-0.15, -0.1) is 0 Å². The molecule has 0 aliphatic rings. The molecule has 0 spiro atoms. The Morgan fingerprint density at radius 3 is 2.53 bits per heavy atom. The summed E-state index contributed by atoms with van der Waals surface area (Å²) in [6.45, 7) is 3.96. The maximum Gasteiger partial charge on any atom is 0.315 e. The fourth-order valence-corrected chi connectivity index (χ4v) is 1.77. The Kier molecular flexibility index (Phi) is 6.29. The van der Waals surface area contributed by atoms with Gasteiger partial charge < -0.3 is 15.7 Å². The lowest BCUT2D eigenvalue weighted by Gasteiger charge is -2.17. The molecule has 106 valence electrons. The summed E-state index contributed by atoms with van der Waals surface area (Å²) in [6.07, 6.45) is 0.646. The Morgan fingerprint density at radius 1 is 1.32 bits per heavy atom. The number of aliphatic hydroxyl groups is 1. The lowest BCUT2D eigenvalue weighted by molar-refractivity contribution is 0.168. The Balaban J connectivity index is 2.44. The van der Waals surface area contributed by atoms with Gasteiger partial charge in [0.25, 0.3) is 0 Å². The van der Waals surface area contributed by atoms with E-state index in [1.165, 1.54) is 12.1 Å². The molecule has 0 fully saturated rings. The van der Waals surface area contributed by atoms with Crippen LogP contribution in [0.1, 0.15) is 38.4 Å². The van der Waals surface area contributed by atoms with Crippen LogP contribution in [-0.2, 0) is 0 Å². The van der Waals surface area contributed by atoms with Gasteiger partial charge in [-0.1, -0.05) is 32.0 Å². The monoisotopic (exact) mass is 268 g/mol. The van der Waals surface area contributed by atoms with Crippen molar-refractivity contribution in [3.8, 4) is 0 Å². The number of hydrogen-bond acceptors (Lipinski definition) is 2. The first-order chi connectivity index (χ1) is 9.08. The van der Waals surface area contributed by atoms with E-state index in [0.29, 0.717) is 0 Å². The third-order valence-corrected chi connectivity index (χ3v) is 3.04. The van der Waals surface area contributed by atoms with E-state index < -0.39 is 11.9 Å². The second kappa shape index (κ2) is 7.74. The minimum atomic E-state index is -1.05. The highest BCUT2D eigenvalue weighted by Crippen LogP contribution is 2.15. The molecule has 3 N–H and O–H groups in total. The van der Waals surface area contributed by atoms with Crippen LogP contribution in [0.5, 0.6) is 0 Å². The first kappa shape index (κ1) is 15.4. The van der Waals surface area contributed by atoms with Gasteiger partial charge in [-0.3, -0.25) is 0 Å². The topological polar surface area (TPSA) is 61.4 Å². The number of carbonyl (C=O) groups excluding carboxylic acids is 1. The van der Waals surface area contributed by atoms with Crippen molar-refractivity contribution in [3.63, 3.8) is 0 Å². The van der Waals surface area contributed by atoms with Gasteiger partial charge in [0.15, 0.2) is 0 Å². The average Bonchev–Trinajstić information content (AvgIpc) is 2.42. The number of aliphatic hydroxyl groups excluding tert-OH is 1. The number of amides is 2. The molecule has 1 aromatic rings. The van der Waals surface area contributed by atoms with Crippen molar-refractivity contribution < 1.29 is 14.3 Å². The number of halogens is 1. The smallest absolute Gasteiger partial charge is 0.315 e. The zero-order valence-electron chi connectivity index (χ0n) is 11.3. The molecule has 0 aliphatic carbocycles. The zero-order chi connectivity index (χ0) is 14.3. The highest BCUT2D eigenvalue weighted by Gasteiger charge is 2.14. The molecule has 2 amide bonds. The largest absolute Gasteiger partial charge is 0.386 e. The summed E-state index contributed by atoms with van der Waals surface area (Å²) in [5, 5.41) is 15.1. The van der Waals surface area contributed by atoms with Gasteiger partial charge >= 0.3 is 6.03 Å². The van der Waals surface area contributed by atoms with Crippen LogP contribution in [0.2, 0.25) is 0 Å². The molecule has 1 unspecified atom stereocenters. The predicted molar refractivity (Wildman–Crippen MR) is 72.3 cm³/mol. The summed E-state index contributed by atoms with van der Waals surface area (Å²) in [4.78, 5) is 11.6. The molecule has 1 aromatic carbocycles. The number of benzene rings is 1. The van der Waals surface area contributed by atoms with E-state index in [4.69, 9.17) is 0 Å².